The van der Waals surface area contributed by atoms with Crippen molar-refractivity contribution >= 4 is 5.69 Å². The van der Waals surface area contributed by atoms with Gasteiger partial charge in [-0.1, -0.05) is 44.2 Å². The fourth-order valence-corrected chi connectivity index (χ4v) is 1.97. The molecule has 0 saturated carbocycles. The minimum Gasteiger partial charge on any atom is -0.384 e. The number of benzene rings is 2. The van der Waals surface area contributed by atoms with Gasteiger partial charge in [-0.05, 0) is 17.7 Å². The lowest BCUT2D eigenvalue weighted by Gasteiger charge is -2.26. The number of rotatable bonds is 4. The van der Waals surface area contributed by atoms with Crippen LogP contribution >= 0.6 is 0 Å². The maximum atomic E-state index is 13.1. The fraction of sp³-hybridized carbons (Fsp3) is 0.250. The minimum absolute atomic E-state index is 0.121. The first kappa shape index (κ1) is 13.5. The van der Waals surface area contributed by atoms with Crippen molar-refractivity contribution in [1.29, 1.82) is 0 Å². The molecule has 0 atom stereocenters. The van der Waals surface area contributed by atoms with Crippen molar-refractivity contribution in [3.05, 3.63) is 65.7 Å². The molecule has 0 bridgehead atoms. The molecule has 0 aliphatic heterocycles. The van der Waals surface area contributed by atoms with Gasteiger partial charge in [0.1, 0.15) is 11.6 Å². The number of nitrogens with one attached hydrogen (secondary N) is 1. The van der Waals surface area contributed by atoms with Crippen LogP contribution in [0.3, 0.4) is 0 Å². The maximum Gasteiger partial charge on any atom is 0.128 e. The fourth-order valence-electron chi connectivity index (χ4n) is 1.97. The van der Waals surface area contributed by atoms with Crippen LogP contribution in [0.4, 0.5) is 14.5 Å². The predicted octanol–water partition coefficient (Wildman–Crippen LogP) is 4.35. The second kappa shape index (κ2) is 5.39. The van der Waals surface area contributed by atoms with Crippen molar-refractivity contribution in [2.75, 3.05) is 11.9 Å². The summed E-state index contributed by atoms with van der Waals surface area (Å²) in [4.78, 5) is 0. The molecule has 0 amide bonds. The van der Waals surface area contributed by atoms with Crippen LogP contribution in [0.15, 0.2) is 48.5 Å². The Bertz CT molecular complexity index is 530. The highest BCUT2D eigenvalue weighted by molar-refractivity contribution is 5.44. The Balaban J connectivity index is 2.09. The minimum atomic E-state index is -0.569. The lowest BCUT2D eigenvalue weighted by molar-refractivity contribution is 0.554. The molecule has 0 aromatic heterocycles. The van der Waals surface area contributed by atoms with Crippen LogP contribution in [0.5, 0.6) is 0 Å². The van der Waals surface area contributed by atoms with Gasteiger partial charge in [0.15, 0.2) is 0 Å². The van der Waals surface area contributed by atoms with Crippen LogP contribution in [-0.2, 0) is 5.41 Å². The van der Waals surface area contributed by atoms with Crippen LogP contribution in [0.25, 0.3) is 0 Å². The summed E-state index contributed by atoms with van der Waals surface area (Å²) in [5.74, 6) is -1.14. The summed E-state index contributed by atoms with van der Waals surface area (Å²) in [6.07, 6.45) is 0. The van der Waals surface area contributed by atoms with Gasteiger partial charge in [-0.2, -0.15) is 0 Å². The highest BCUT2D eigenvalue weighted by Gasteiger charge is 2.20. The third-order valence-corrected chi connectivity index (χ3v) is 3.15. The van der Waals surface area contributed by atoms with Crippen LogP contribution < -0.4 is 5.32 Å². The van der Waals surface area contributed by atoms with Gasteiger partial charge in [-0.3, -0.25) is 0 Å². The number of anilines is 1. The zero-order valence-electron chi connectivity index (χ0n) is 11.1. The van der Waals surface area contributed by atoms with Gasteiger partial charge in [-0.25, -0.2) is 8.78 Å². The van der Waals surface area contributed by atoms with E-state index in [-0.39, 0.29) is 5.41 Å². The molecule has 1 nitrogen and oxygen atoms in total. The molecule has 2 rings (SSSR count). The molecule has 2 aromatic rings. The van der Waals surface area contributed by atoms with Crippen molar-refractivity contribution in [3.63, 3.8) is 0 Å². The zero-order chi connectivity index (χ0) is 13.9. The standard InChI is InChI=1S/C16H17F2N/c1-16(2,12-6-4-3-5-7-12)11-19-15-9-13(17)8-14(18)10-15/h3-10,19H,11H2,1-2H3. The molecule has 2 aromatic carbocycles. The van der Waals surface area contributed by atoms with Crippen molar-refractivity contribution in [2.24, 2.45) is 0 Å². The van der Waals surface area contributed by atoms with E-state index in [1.54, 1.807) is 0 Å². The zero-order valence-corrected chi connectivity index (χ0v) is 11.1. The second-order valence-electron chi connectivity index (χ2n) is 5.26. The van der Waals surface area contributed by atoms with Gasteiger partial charge in [0, 0.05) is 23.7 Å². The molecule has 0 aliphatic rings. The lowest BCUT2D eigenvalue weighted by Crippen LogP contribution is -2.27. The van der Waals surface area contributed by atoms with Crippen LogP contribution in [0.1, 0.15) is 19.4 Å². The quantitative estimate of drug-likeness (QED) is 0.862. The van der Waals surface area contributed by atoms with Crippen LogP contribution in [-0.4, -0.2) is 6.54 Å². The average molecular weight is 261 g/mol. The van der Waals surface area contributed by atoms with E-state index in [4.69, 9.17) is 0 Å². The molecular formula is C16H17F2N. The van der Waals surface area contributed by atoms with E-state index in [0.717, 1.165) is 6.07 Å². The summed E-state index contributed by atoms with van der Waals surface area (Å²) in [5.41, 5.74) is 1.52. The molecule has 0 spiro atoms. The highest BCUT2D eigenvalue weighted by atomic mass is 19.1. The Labute approximate surface area is 112 Å². The van der Waals surface area contributed by atoms with Crippen LogP contribution in [0, 0.1) is 11.6 Å². The molecule has 3 heteroatoms. The first-order valence-electron chi connectivity index (χ1n) is 6.23. The Morgan fingerprint density at radius 2 is 1.53 bits per heavy atom. The Kier molecular flexibility index (Phi) is 3.84. The molecule has 0 saturated heterocycles. The van der Waals surface area contributed by atoms with E-state index in [1.807, 2.05) is 30.3 Å². The Morgan fingerprint density at radius 1 is 0.947 bits per heavy atom. The van der Waals surface area contributed by atoms with E-state index in [9.17, 15) is 8.78 Å². The number of hydrogen-bond donors (Lipinski definition) is 1. The third kappa shape index (κ3) is 3.53. The van der Waals surface area contributed by atoms with E-state index < -0.39 is 11.6 Å². The van der Waals surface area contributed by atoms with E-state index >= 15 is 0 Å². The van der Waals surface area contributed by atoms with Gasteiger partial charge in [0.2, 0.25) is 0 Å². The summed E-state index contributed by atoms with van der Waals surface area (Å²) in [7, 11) is 0. The topological polar surface area (TPSA) is 12.0 Å². The number of hydrogen-bond acceptors (Lipinski definition) is 1. The SMILES string of the molecule is CC(C)(CNc1cc(F)cc(F)c1)c1ccccc1. The van der Waals surface area contributed by atoms with Crippen molar-refractivity contribution in [3.8, 4) is 0 Å². The molecule has 0 radical (unpaired) electrons. The lowest BCUT2D eigenvalue weighted by atomic mass is 9.84. The normalized spacial score (nSPS) is 11.4. The van der Waals surface area contributed by atoms with Gasteiger partial charge in [0.25, 0.3) is 0 Å². The monoisotopic (exact) mass is 261 g/mol. The molecular weight excluding hydrogens is 244 g/mol. The summed E-state index contributed by atoms with van der Waals surface area (Å²) >= 11 is 0. The van der Waals surface area contributed by atoms with Crippen molar-refractivity contribution < 1.29 is 8.78 Å². The summed E-state index contributed by atoms with van der Waals surface area (Å²) in [6.45, 7) is 4.77. The first-order chi connectivity index (χ1) is 8.97. The smallest absolute Gasteiger partial charge is 0.128 e. The van der Waals surface area contributed by atoms with E-state index in [0.29, 0.717) is 12.2 Å². The molecule has 19 heavy (non-hydrogen) atoms. The first-order valence-corrected chi connectivity index (χ1v) is 6.23. The summed E-state index contributed by atoms with van der Waals surface area (Å²) < 4.78 is 26.2. The van der Waals surface area contributed by atoms with Crippen molar-refractivity contribution in [2.45, 2.75) is 19.3 Å². The largest absolute Gasteiger partial charge is 0.384 e. The Hall–Kier alpha value is -1.90. The Morgan fingerprint density at radius 3 is 2.11 bits per heavy atom. The highest BCUT2D eigenvalue weighted by Crippen LogP contribution is 2.24. The molecule has 0 aliphatic carbocycles. The molecule has 100 valence electrons. The van der Waals surface area contributed by atoms with Gasteiger partial charge >= 0.3 is 0 Å². The van der Waals surface area contributed by atoms with Crippen LogP contribution in [0.2, 0.25) is 0 Å². The van der Waals surface area contributed by atoms with Gasteiger partial charge in [0.05, 0.1) is 0 Å². The molecule has 1 N–H and O–H groups in total. The number of halogens is 2. The maximum absolute atomic E-state index is 13.1. The van der Waals surface area contributed by atoms with E-state index in [2.05, 4.69) is 19.2 Å². The molecule has 0 unspecified atom stereocenters. The summed E-state index contributed by atoms with van der Waals surface area (Å²) in [5, 5.41) is 3.09. The molecule has 0 heterocycles. The van der Waals surface area contributed by atoms with E-state index in [1.165, 1.54) is 17.7 Å². The predicted molar refractivity (Wildman–Crippen MR) is 74.3 cm³/mol. The average Bonchev–Trinajstić information content (AvgIpc) is 2.37. The van der Waals surface area contributed by atoms with Crippen molar-refractivity contribution in [1.82, 2.24) is 0 Å². The van der Waals surface area contributed by atoms with Gasteiger partial charge < -0.3 is 5.32 Å². The van der Waals surface area contributed by atoms with Gasteiger partial charge in [-0.15, -0.1) is 0 Å². The summed E-state index contributed by atoms with van der Waals surface area (Å²) in [6, 6.07) is 13.5. The third-order valence-electron chi connectivity index (χ3n) is 3.15. The molecule has 0 fully saturated rings. The second-order valence-corrected chi connectivity index (χ2v) is 5.26.